The number of hydrogen-bond acceptors (Lipinski definition) is 2. The van der Waals surface area contributed by atoms with E-state index < -0.39 is 0 Å². The first kappa shape index (κ1) is 10.3. The van der Waals surface area contributed by atoms with Gasteiger partial charge in [0.05, 0.1) is 10.7 Å². The molecule has 0 unspecified atom stereocenters. The van der Waals surface area contributed by atoms with E-state index >= 15 is 0 Å². The van der Waals surface area contributed by atoms with Gasteiger partial charge in [-0.1, -0.05) is 12.1 Å². The van der Waals surface area contributed by atoms with Crippen molar-refractivity contribution in [2.75, 3.05) is 6.26 Å². The molecule has 13 heavy (non-hydrogen) atoms. The maximum absolute atomic E-state index is 4.52. The molecule has 0 aliphatic rings. The lowest BCUT2D eigenvalue weighted by Gasteiger charge is -2.02. The van der Waals surface area contributed by atoms with E-state index in [9.17, 15) is 0 Å². The van der Waals surface area contributed by atoms with Gasteiger partial charge in [-0.3, -0.25) is 0 Å². The van der Waals surface area contributed by atoms with E-state index in [-0.39, 0.29) is 0 Å². The Hall–Kier alpha value is -0.760. The third kappa shape index (κ3) is 2.88. The Morgan fingerprint density at radius 2 is 2.00 bits per heavy atom. The quantitative estimate of drug-likeness (QED) is 0.489. The van der Waals surface area contributed by atoms with Gasteiger partial charge in [0, 0.05) is 0 Å². The second kappa shape index (κ2) is 4.47. The third-order valence-electron chi connectivity index (χ3n) is 1.94. The second-order valence-corrected chi connectivity index (χ2v) is 4.12. The van der Waals surface area contributed by atoms with Crippen molar-refractivity contribution in [3.63, 3.8) is 0 Å². The van der Waals surface area contributed by atoms with E-state index in [0.29, 0.717) is 0 Å². The van der Waals surface area contributed by atoms with Crippen molar-refractivity contribution in [3.05, 3.63) is 29.3 Å². The fraction of sp³-hybridized carbons (Fsp3) is 0.364. The van der Waals surface area contributed by atoms with E-state index in [1.807, 2.05) is 13.2 Å². The lowest BCUT2D eigenvalue weighted by atomic mass is 10.1. The molecule has 0 N–H and O–H groups in total. The van der Waals surface area contributed by atoms with Gasteiger partial charge in [0.15, 0.2) is 0 Å². The van der Waals surface area contributed by atoms with Crippen molar-refractivity contribution >= 4 is 22.5 Å². The summed E-state index contributed by atoms with van der Waals surface area (Å²) in [6, 6.07) is 6.35. The highest BCUT2D eigenvalue weighted by Crippen LogP contribution is 2.21. The summed E-state index contributed by atoms with van der Waals surface area (Å²) >= 11 is 1.68. The Morgan fingerprint density at radius 1 is 1.31 bits per heavy atom. The number of aryl methyl sites for hydroxylation is 2. The summed E-state index contributed by atoms with van der Waals surface area (Å²) in [4.78, 5) is 4.52. The molecule has 0 aliphatic heterocycles. The van der Waals surface area contributed by atoms with Crippen molar-refractivity contribution in [1.29, 1.82) is 0 Å². The maximum Gasteiger partial charge on any atom is 0.0705 e. The summed E-state index contributed by atoms with van der Waals surface area (Å²) in [5.41, 5.74) is 3.59. The first-order valence-corrected chi connectivity index (χ1v) is 5.52. The third-order valence-corrected chi connectivity index (χ3v) is 2.62. The Kier molecular flexibility index (Phi) is 3.55. The van der Waals surface area contributed by atoms with Crippen molar-refractivity contribution in [2.24, 2.45) is 4.99 Å². The molecule has 0 atom stereocenters. The van der Waals surface area contributed by atoms with Gasteiger partial charge in [0.1, 0.15) is 0 Å². The number of aliphatic imine (C=N–C) groups is 1. The standard InChI is InChI=1S/C11H15NS/c1-8-5-6-9(2)11(7-8)12-10(3)13-4/h5-7H,1-4H3/b12-10-. The Morgan fingerprint density at radius 3 is 2.62 bits per heavy atom. The molecular weight excluding hydrogens is 178 g/mol. The van der Waals surface area contributed by atoms with Crippen molar-refractivity contribution in [3.8, 4) is 0 Å². The molecule has 0 bridgehead atoms. The summed E-state index contributed by atoms with van der Waals surface area (Å²) < 4.78 is 0. The molecule has 1 rings (SSSR count). The lowest BCUT2D eigenvalue weighted by molar-refractivity contribution is 1.35. The monoisotopic (exact) mass is 193 g/mol. The van der Waals surface area contributed by atoms with Gasteiger partial charge in [0.25, 0.3) is 0 Å². The van der Waals surface area contributed by atoms with Crippen LogP contribution in [0.3, 0.4) is 0 Å². The van der Waals surface area contributed by atoms with Crippen LogP contribution in [0.25, 0.3) is 0 Å². The lowest BCUT2D eigenvalue weighted by Crippen LogP contribution is -1.83. The molecule has 0 fully saturated rings. The van der Waals surface area contributed by atoms with Gasteiger partial charge >= 0.3 is 0 Å². The molecule has 70 valence electrons. The molecule has 0 amide bonds. The van der Waals surface area contributed by atoms with E-state index in [1.165, 1.54) is 11.1 Å². The van der Waals surface area contributed by atoms with Gasteiger partial charge in [-0.15, -0.1) is 11.8 Å². The summed E-state index contributed by atoms with van der Waals surface area (Å²) in [6.07, 6.45) is 2.05. The molecule has 1 aromatic rings. The van der Waals surface area contributed by atoms with E-state index in [0.717, 1.165) is 10.7 Å². The highest BCUT2D eigenvalue weighted by molar-refractivity contribution is 8.13. The normalized spacial score (nSPS) is 11.8. The number of rotatable bonds is 1. The highest BCUT2D eigenvalue weighted by atomic mass is 32.2. The molecular formula is C11H15NS. The second-order valence-electron chi connectivity index (χ2n) is 3.12. The topological polar surface area (TPSA) is 12.4 Å². The molecule has 1 nitrogen and oxygen atoms in total. The number of hydrogen-bond donors (Lipinski definition) is 0. The van der Waals surface area contributed by atoms with Gasteiger partial charge in [-0.2, -0.15) is 0 Å². The minimum absolute atomic E-state index is 1.09. The number of thioether (sulfide) groups is 1. The largest absolute Gasteiger partial charge is 0.247 e. The van der Waals surface area contributed by atoms with Crippen LogP contribution in [0.4, 0.5) is 5.69 Å². The first-order chi connectivity index (χ1) is 6.13. The predicted octanol–water partition coefficient (Wildman–Crippen LogP) is 3.72. The van der Waals surface area contributed by atoms with Gasteiger partial charge in [0.2, 0.25) is 0 Å². The van der Waals surface area contributed by atoms with Crippen LogP contribution in [0.15, 0.2) is 23.2 Å². The molecule has 0 aromatic heterocycles. The van der Waals surface area contributed by atoms with Crippen LogP contribution >= 0.6 is 11.8 Å². The zero-order chi connectivity index (χ0) is 9.84. The van der Waals surface area contributed by atoms with Crippen LogP contribution in [-0.4, -0.2) is 11.3 Å². The summed E-state index contributed by atoms with van der Waals surface area (Å²) in [6.45, 7) is 6.21. The Bertz CT molecular complexity index is 329. The van der Waals surface area contributed by atoms with Crippen LogP contribution in [-0.2, 0) is 0 Å². The van der Waals surface area contributed by atoms with E-state index in [2.05, 4.69) is 37.0 Å². The van der Waals surface area contributed by atoms with E-state index in [1.54, 1.807) is 11.8 Å². The van der Waals surface area contributed by atoms with Crippen LogP contribution < -0.4 is 0 Å². The molecule has 0 spiro atoms. The fourth-order valence-electron chi connectivity index (χ4n) is 1.06. The molecule has 1 aromatic carbocycles. The van der Waals surface area contributed by atoms with Crippen molar-refractivity contribution < 1.29 is 0 Å². The molecule has 0 aliphatic carbocycles. The Balaban J connectivity index is 3.07. The van der Waals surface area contributed by atoms with Gasteiger partial charge in [-0.05, 0) is 44.2 Å². The van der Waals surface area contributed by atoms with Gasteiger partial charge < -0.3 is 0 Å². The predicted molar refractivity (Wildman–Crippen MR) is 62.2 cm³/mol. The smallest absolute Gasteiger partial charge is 0.0705 e. The molecule has 0 heterocycles. The highest BCUT2D eigenvalue weighted by Gasteiger charge is 1.96. The van der Waals surface area contributed by atoms with Crippen LogP contribution in [0, 0.1) is 13.8 Å². The van der Waals surface area contributed by atoms with Crippen molar-refractivity contribution in [2.45, 2.75) is 20.8 Å². The van der Waals surface area contributed by atoms with Crippen molar-refractivity contribution in [1.82, 2.24) is 0 Å². The van der Waals surface area contributed by atoms with Crippen LogP contribution in [0.5, 0.6) is 0 Å². The molecule has 0 saturated carbocycles. The average Bonchev–Trinajstić information content (AvgIpc) is 2.11. The van der Waals surface area contributed by atoms with Gasteiger partial charge in [-0.25, -0.2) is 4.99 Å². The molecule has 0 radical (unpaired) electrons. The summed E-state index contributed by atoms with van der Waals surface area (Å²) in [7, 11) is 0. The average molecular weight is 193 g/mol. The zero-order valence-electron chi connectivity index (χ0n) is 8.59. The number of benzene rings is 1. The molecule has 2 heteroatoms. The van der Waals surface area contributed by atoms with Crippen LogP contribution in [0.1, 0.15) is 18.1 Å². The zero-order valence-corrected chi connectivity index (χ0v) is 9.40. The van der Waals surface area contributed by atoms with Crippen LogP contribution in [0.2, 0.25) is 0 Å². The van der Waals surface area contributed by atoms with E-state index in [4.69, 9.17) is 0 Å². The number of nitrogens with zero attached hydrogens (tertiary/aromatic N) is 1. The SMILES string of the molecule is CS/C(C)=N\c1cc(C)ccc1C. The first-order valence-electron chi connectivity index (χ1n) is 4.30. The maximum atomic E-state index is 4.52. The summed E-state index contributed by atoms with van der Waals surface area (Å²) in [5, 5.41) is 1.11. The summed E-state index contributed by atoms with van der Waals surface area (Å²) in [5.74, 6) is 0. The minimum atomic E-state index is 1.09. The Labute approximate surface area is 84.3 Å². The minimum Gasteiger partial charge on any atom is -0.247 e. The fourth-order valence-corrected chi connectivity index (χ4v) is 1.24. The molecule has 0 saturated heterocycles.